The van der Waals surface area contributed by atoms with Crippen molar-refractivity contribution in [1.29, 1.82) is 0 Å². The molecule has 0 spiro atoms. The van der Waals surface area contributed by atoms with Crippen LogP contribution in [-0.2, 0) is 6.18 Å². The van der Waals surface area contributed by atoms with Crippen LogP contribution in [0.1, 0.15) is 16.2 Å². The van der Waals surface area contributed by atoms with Gasteiger partial charge in [0.2, 0.25) is 0 Å². The van der Waals surface area contributed by atoms with Crippen molar-refractivity contribution in [2.45, 2.75) is 6.18 Å². The van der Waals surface area contributed by atoms with Crippen LogP contribution in [0.4, 0.5) is 13.2 Å². The van der Waals surface area contributed by atoms with E-state index in [1.165, 1.54) is 0 Å². The molecule has 1 aromatic carbocycles. The molecule has 0 amide bonds. The Balaban J connectivity index is 2.38. The van der Waals surface area contributed by atoms with Crippen LogP contribution >= 0.6 is 27.5 Å². The molecule has 0 saturated heterocycles. The maximum absolute atomic E-state index is 13.3. The molecule has 0 fully saturated rings. The lowest BCUT2D eigenvalue weighted by Gasteiger charge is -2.11. The first kappa shape index (κ1) is 15.9. The fraction of sp³-hybridized carbons (Fsp3) is 0.0714. The van der Waals surface area contributed by atoms with Crippen LogP contribution in [0.25, 0.3) is 16.9 Å². The maximum atomic E-state index is 13.3. The van der Waals surface area contributed by atoms with Gasteiger partial charge in [-0.3, -0.25) is 4.79 Å². The molecule has 3 rings (SSSR count). The summed E-state index contributed by atoms with van der Waals surface area (Å²) in [6.07, 6.45) is -4.68. The Kier molecular flexibility index (Phi) is 3.89. The van der Waals surface area contributed by atoms with Gasteiger partial charge in [-0.2, -0.15) is 18.3 Å². The molecule has 2 heterocycles. The third kappa shape index (κ3) is 2.84. The molecule has 118 valence electrons. The standard InChI is InChI=1S/C14H6BrClF3N3O/c15-10-11(12(16)23)21-22-9(14(17,18)19)6-8(20-13(10)22)7-4-2-1-3-5-7/h1-6H. The predicted molar refractivity (Wildman–Crippen MR) is 81.3 cm³/mol. The molecule has 0 saturated carbocycles. The Morgan fingerprint density at radius 3 is 2.43 bits per heavy atom. The van der Waals surface area contributed by atoms with Crippen molar-refractivity contribution < 1.29 is 18.0 Å². The van der Waals surface area contributed by atoms with Crippen LogP contribution in [0.2, 0.25) is 0 Å². The molecule has 23 heavy (non-hydrogen) atoms. The molecule has 0 N–H and O–H groups in total. The van der Waals surface area contributed by atoms with Crippen molar-refractivity contribution in [3.05, 3.63) is 52.3 Å². The molecule has 2 aromatic heterocycles. The summed E-state index contributed by atoms with van der Waals surface area (Å²) in [5, 5.41) is 2.64. The van der Waals surface area contributed by atoms with E-state index in [9.17, 15) is 18.0 Å². The van der Waals surface area contributed by atoms with Gasteiger partial charge in [0.15, 0.2) is 17.0 Å². The molecule has 0 aliphatic heterocycles. The van der Waals surface area contributed by atoms with Crippen LogP contribution in [0.5, 0.6) is 0 Å². The van der Waals surface area contributed by atoms with Crippen LogP contribution in [0, 0.1) is 0 Å². The number of fused-ring (bicyclic) bond motifs is 1. The van der Waals surface area contributed by atoms with E-state index >= 15 is 0 Å². The maximum Gasteiger partial charge on any atom is 0.433 e. The van der Waals surface area contributed by atoms with Crippen molar-refractivity contribution in [2.75, 3.05) is 0 Å². The minimum Gasteiger partial charge on any atom is -0.274 e. The van der Waals surface area contributed by atoms with Crippen molar-refractivity contribution >= 4 is 38.4 Å². The Morgan fingerprint density at radius 1 is 1.22 bits per heavy atom. The first-order valence-electron chi connectivity index (χ1n) is 6.21. The number of hydrogen-bond donors (Lipinski definition) is 0. The Labute approximate surface area is 141 Å². The number of alkyl halides is 3. The van der Waals surface area contributed by atoms with Gasteiger partial charge in [-0.15, -0.1) is 0 Å². The smallest absolute Gasteiger partial charge is 0.274 e. The molecule has 0 aliphatic carbocycles. The minimum atomic E-state index is -4.68. The van der Waals surface area contributed by atoms with E-state index in [2.05, 4.69) is 26.0 Å². The average Bonchev–Trinajstić information content (AvgIpc) is 2.84. The van der Waals surface area contributed by atoms with Gasteiger partial charge < -0.3 is 0 Å². The SMILES string of the molecule is O=C(Cl)c1nn2c(C(F)(F)F)cc(-c3ccccc3)nc2c1Br. The summed E-state index contributed by atoms with van der Waals surface area (Å²) in [5.41, 5.74) is -0.893. The normalized spacial score (nSPS) is 11.9. The summed E-state index contributed by atoms with van der Waals surface area (Å²) < 4.78 is 40.6. The number of halogens is 5. The van der Waals surface area contributed by atoms with E-state index in [-0.39, 0.29) is 21.5 Å². The van der Waals surface area contributed by atoms with E-state index < -0.39 is 17.1 Å². The highest BCUT2D eigenvalue weighted by Gasteiger charge is 2.36. The van der Waals surface area contributed by atoms with Crippen molar-refractivity contribution in [3.63, 3.8) is 0 Å². The quantitative estimate of drug-likeness (QED) is 0.589. The van der Waals surface area contributed by atoms with E-state index in [0.717, 1.165) is 6.07 Å². The van der Waals surface area contributed by atoms with Gasteiger partial charge in [-0.25, -0.2) is 9.50 Å². The predicted octanol–water partition coefficient (Wildman–Crippen LogP) is 4.56. The minimum absolute atomic E-state index is 0.0146. The zero-order valence-electron chi connectivity index (χ0n) is 11.1. The number of carbonyl (C=O) groups is 1. The summed E-state index contributed by atoms with van der Waals surface area (Å²) >= 11 is 8.39. The van der Waals surface area contributed by atoms with Crippen LogP contribution in [0.3, 0.4) is 0 Å². The van der Waals surface area contributed by atoms with E-state index in [1.54, 1.807) is 30.3 Å². The number of nitrogens with zero attached hydrogens (tertiary/aromatic N) is 3. The molecule has 9 heteroatoms. The molecule has 4 nitrogen and oxygen atoms in total. The van der Waals surface area contributed by atoms with Gasteiger partial charge >= 0.3 is 6.18 Å². The van der Waals surface area contributed by atoms with Gasteiger partial charge in [0.05, 0.1) is 10.2 Å². The lowest BCUT2D eigenvalue weighted by atomic mass is 10.1. The Bertz CT molecular complexity index is 909. The van der Waals surface area contributed by atoms with Crippen LogP contribution in [0.15, 0.2) is 40.9 Å². The zero-order valence-corrected chi connectivity index (χ0v) is 13.4. The Morgan fingerprint density at radius 2 is 1.87 bits per heavy atom. The Hall–Kier alpha value is -1.93. The van der Waals surface area contributed by atoms with Gasteiger partial charge in [-0.05, 0) is 33.6 Å². The lowest BCUT2D eigenvalue weighted by Crippen LogP contribution is -2.14. The highest BCUT2D eigenvalue weighted by Crippen LogP contribution is 2.34. The van der Waals surface area contributed by atoms with Gasteiger partial charge in [0, 0.05) is 5.56 Å². The van der Waals surface area contributed by atoms with Crippen LogP contribution in [-0.4, -0.2) is 19.8 Å². The molecule has 0 radical (unpaired) electrons. The summed E-state index contributed by atoms with van der Waals surface area (Å²) in [6, 6.07) is 9.27. The number of hydrogen-bond acceptors (Lipinski definition) is 3. The fourth-order valence-corrected chi connectivity index (χ4v) is 2.84. The van der Waals surface area contributed by atoms with Crippen LogP contribution < -0.4 is 0 Å². The first-order chi connectivity index (χ1) is 10.8. The highest BCUT2D eigenvalue weighted by atomic mass is 79.9. The summed E-state index contributed by atoms with van der Waals surface area (Å²) in [5.74, 6) is 0. The highest BCUT2D eigenvalue weighted by molar-refractivity contribution is 9.10. The number of rotatable bonds is 2. The van der Waals surface area contributed by atoms with Gasteiger partial charge in [0.1, 0.15) is 0 Å². The number of benzene rings is 1. The summed E-state index contributed by atoms with van der Waals surface area (Å²) in [7, 11) is 0. The lowest BCUT2D eigenvalue weighted by molar-refractivity contribution is -0.142. The van der Waals surface area contributed by atoms with Gasteiger partial charge in [0.25, 0.3) is 5.24 Å². The van der Waals surface area contributed by atoms with E-state index in [0.29, 0.717) is 10.1 Å². The average molecular weight is 405 g/mol. The largest absolute Gasteiger partial charge is 0.433 e. The van der Waals surface area contributed by atoms with Crippen molar-refractivity contribution in [2.24, 2.45) is 0 Å². The molecule has 0 unspecified atom stereocenters. The second kappa shape index (κ2) is 5.61. The molecular formula is C14H6BrClF3N3O. The van der Waals surface area contributed by atoms with E-state index in [1.807, 2.05) is 0 Å². The summed E-state index contributed by atoms with van der Waals surface area (Å²) in [4.78, 5) is 15.5. The fourth-order valence-electron chi connectivity index (χ4n) is 2.08. The second-order valence-corrected chi connectivity index (χ2v) is 5.70. The second-order valence-electron chi connectivity index (χ2n) is 4.56. The summed E-state index contributed by atoms with van der Waals surface area (Å²) in [6.45, 7) is 0. The zero-order chi connectivity index (χ0) is 16.8. The third-order valence-electron chi connectivity index (χ3n) is 3.08. The van der Waals surface area contributed by atoms with Crippen molar-refractivity contribution in [1.82, 2.24) is 14.6 Å². The van der Waals surface area contributed by atoms with Gasteiger partial charge in [-0.1, -0.05) is 30.3 Å². The molecule has 0 bridgehead atoms. The first-order valence-corrected chi connectivity index (χ1v) is 7.38. The molecule has 0 atom stereocenters. The molecular weight excluding hydrogens is 399 g/mol. The number of aromatic nitrogens is 3. The third-order valence-corrected chi connectivity index (χ3v) is 3.99. The van der Waals surface area contributed by atoms with Crippen molar-refractivity contribution in [3.8, 4) is 11.3 Å². The number of carbonyl (C=O) groups excluding carboxylic acids is 1. The monoisotopic (exact) mass is 403 g/mol. The molecule has 3 aromatic rings. The van der Waals surface area contributed by atoms with E-state index in [4.69, 9.17) is 11.6 Å². The topological polar surface area (TPSA) is 47.3 Å². The molecule has 0 aliphatic rings.